The molecule has 6 heteroatoms. The van der Waals surface area contributed by atoms with Crippen LogP contribution in [0.15, 0.2) is 91.0 Å². The van der Waals surface area contributed by atoms with Crippen LogP contribution >= 0.6 is 23.5 Å². The van der Waals surface area contributed by atoms with E-state index in [2.05, 4.69) is 67.7 Å². The predicted octanol–water partition coefficient (Wildman–Crippen LogP) is 6.13. The predicted molar refractivity (Wildman–Crippen MR) is 143 cm³/mol. The lowest BCUT2D eigenvalue weighted by Crippen LogP contribution is -2.54. The minimum Gasteiger partial charge on any atom is -0.385 e. The molecule has 1 fully saturated rings. The summed E-state index contributed by atoms with van der Waals surface area (Å²) in [5.41, 5.74) is 3.19. The Bertz CT molecular complexity index is 1280. The number of carbonyl (C=O) groups excluding carboxylic acids is 1. The summed E-state index contributed by atoms with van der Waals surface area (Å²) in [5, 5.41) is 1.23. The number of thioether (sulfide) groups is 2. The second-order valence-electron chi connectivity index (χ2n) is 9.32. The van der Waals surface area contributed by atoms with Gasteiger partial charge in [0, 0.05) is 28.2 Å². The zero-order valence-corrected chi connectivity index (χ0v) is 21.8. The molecule has 34 heavy (non-hydrogen) atoms. The number of rotatable bonds is 3. The van der Waals surface area contributed by atoms with Gasteiger partial charge < -0.3 is 9.16 Å². The zero-order chi connectivity index (χ0) is 23.4. The van der Waals surface area contributed by atoms with Gasteiger partial charge in [-0.1, -0.05) is 78.9 Å². The van der Waals surface area contributed by atoms with Crippen LogP contribution in [0.5, 0.6) is 0 Å². The van der Waals surface area contributed by atoms with E-state index in [-0.39, 0.29) is 9.86 Å². The van der Waals surface area contributed by atoms with E-state index in [4.69, 9.17) is 9.16 Å². The van der Waals surface area contributed by atoms with Gasteiger partial charge in [-0.2, -0.15) is 0 Å². The van der Waals surface area contributed by atoms with Crippen LogP contribution in [-0.4, -0.2) is 25.6 Å². The average Bonchev–Trinajstić information content (AvgIpc) is 3.37. The molecular formula is C28H26O3S2Si. The molecule has 2 aliphatic heterocycles. The van der Waals surface area contributed by atoms with Crippen LogP contribution in [0.25, 0.3) is 0 Å². The molecule has 0 amide bonds. The minimum atomic E-state index is -2.30. The van der Waals surface area contributed by atoms with Crippen LogP contribution in [0.2, 0.25) is 13.1 Å². The van der Waals surface area contributed by atoms with E-state index in [1.54, 1.807) is 6.08 Å². The quantitative estimate of drug-likeness (QED) is 0.403. The third-order valence-corrected chi connectivity index (χ3v) is 13.1. The van der Waals surface area contributed by atoms with E-state index < -0.39 is 20.2 Å². The molecule has 0 aromatic heterocycles. The molecule has 6 rings (SSSR count). The molecule has 3 aromatic rings. The number of benzene rings is 3. The van der Waals surface area contributed by atoms with Gasteiger partial charge in [0.2, 0.25) is 8.32 Å². The second kappa shape index (κ2) is 8.24. The van der Waals surface area contributed by atoms with E-state index in [1.807, 2.05) is 53.9 Å². The van der Waals surface area contributed by atoms with E-state index in [9.17, 15) is 4.79 Å². The number of ether oxygens (including phenoxy) is 1. The normalized spacial score (nSPS) is 24.9. The topological polar surface area (TPSA) is 35.5 Å². The van der Waals surface area contributed by atoms with Gasteiger partial charge in [0.05, 0.1) is 0 Å². The third kappa shape index (κ3) is 3.23. The van der Waals surface area contributed by atoms with Crippen LogP contribution in [-0.2, 0) is 18.8 Å². The summed E-state index contributed by atoms with van der Waals surface area (Å²) in [6.07, 6.45) is 3.18. The van der Waals surface area contributed by atoms with Gasteiger partial charge >= 0.3 is 0 Å². The first-order chi connectivity index (χ1) is 16.5. The van der Waals surface area contributed by atoms with Gasteiger partial charge in [-0.15, -0.1) is 23.5 Å². The molecule has 3 nitrogen and oxygen atoms in total. The number of carbonyl (C=O) groups is 1. The van der Waals surface area contributed by atoms with E-state index in [0.29, 0.717) is 0 Å². The van der Waals surface area contributed by atoms with Gasteiger partial charge in [-0.25, -0.2) is 0 Å². The molecule has 3 aromatic carbocycles. The summed E-state index contributed by atoms with van der Waals surface area (Å²) in [7, 11) is -2.30. The fourth-order valence-electron chi connectivity index (χ4n) is 5.34. The molecule has 1 saturated heterocycles. The molecule has 3 aliphatic rings. The van der Waals surface area contributed by atoms with Crippen molar-refractivity contribution in [2.45, 2.75) is 29.1 Å². The average molecular weight is 503 g/mol. The summed E-state index contributed by atoms with van der Waals surface area (Å²) < 4.78 is 13.7. The molecule has 0 radical (unpaired) electrons. The maximum atomic E-state index is 12.9. The fraction of sp³-hybridized carbons (Fsp3) is 0.250. The van der Waals surface area contributed by atoms with Crippen molar-refractivity contribution in [2.75, 3.05) is 11.5 Å². The minimum absolute atomic E-state index is 0.0308. The van der Waals surface area contributed by atoms with Crippen molar-refractivity contribution in [3.8, 4) is 0 Å². The Labute approximate surface area is 210 Å². The maximum Gasteiger partial charge on any atom is 0.222 e. The standard InChI is InChI=1S/C28H26O3S2Si/c1-34(2,20-10-4-3-5-11-20)31-26-22-13-7-9-15-24(22)28(32-18-19-33-28)27(30-26)17-16-25(29)21-12-6-8-14-23(21)27/h3-17,26H,18-19H2,1-2H3. The van der Waals surface area contributed by atoms with Crippen molar-refractivity contribution in [3.63, 3.8) is 0 Å². The Kier molecular flexibility index (Phi) is 5.43. The Morgan fingerprint density at radius 3 is 2.29 bits per heavy atom. The number of ketones is 1. The summed E-state index contributed by atoms with van der Waals surface area (Å²) >= 11 is 3.85. The molecule has 2 heterocycles. The van der Waals surface area contributed by atoms with Crippen molar-refractivity contribution in [2.24, 2.45) is 0 Å². The highest BCUT2D eigenvalue weighted by molar-refractivity contribution is 8.20. The Morgan fingerprint density at radius 1 is 0.882 bits per heavy atom. The lowest BCUT2D eigenvalue weighted by molar-refractivity contribution is -0.181. The molecule has 2 unspecified atom stereocenters. The second-order valence-corrected chi connectivity index (χ2v) is 16.0. The summed E-state index contributed by atoms with van der Waals surface area (Å²) in [6.45, 7) is 4.44. The third-order valence-electron chi connectivity index (χ3n) is 6.98. The van der Waals surface area contributed by atoms with Crippen molar-refractivity contribution in [1.82, 2.24) is 0 Å². The Balaban J connectivity index is 1.55. The molecule has 0 saturated carbocycles. The first kappa shape index (κ1) is 22.4. The van der Waals surface area contributed by atoms with Crippen molar-refractivity contribution in [3.05, 3.63) is 113 Å². The van der Waals surface area contributed by atoms with Crippen LogP contribution in [0.1, 0.15) is 33.3 Å². The molecule has 0 N–H and O–H groups in total. The SMILES string of the molecule is C[Si](C)(OC1OC2(C=CC(=O)c3ccccc32)C2(SCCS2)c2ccccc21)c1ccccc1. The maximum absolute atomic E-state index is 12.9. The zero-order valence-electron chi connectivity index (χ0n) is 19.2. The number of fused-ring (bicyclic) bond motifs is 5. The van der Waals surface area contributed by atoms with Gasteiger partial charge in [-0.3, -0.25) is 4.79 Å². The summed E-state index contributed by atoms with van der Waals surface area (Å²) in [5.74, 6) is 2.09. The lowest BCUT2D eigenvalue weighted by Gasteiger charge is -2.53. The summed E-state index contributed by atoms with van der Waals surface area (Å²) in [4.78, 5) is 12.9. The van der Waals surface area contributed by atoms with Crippen LogP contribution in [0.3, 0.4) is 0 Å². The number of hydrogen-bond acceptors (Lipinski definition) is 5. The molecule has 2 atom stereocenters. The van der Waals surface area contributed by atoms with Crippen LogP contribution in [0, 0.1) is 0 Å². The monoisotopic (exact) mass is 502 g/mol. The molecule has 0 bridgehead atoms. The number of hydrogen-bond donors (Lipinski definition) is 0. The molecule has 172 valence electrons. The smallest absolute Gasteiger partial charge is 0.222 e. The molecular weight excluding hydrogens is 477 g/mol. The first-order valence-electron chi connectivity index (χ1n) is 11.6. The van der Waals surface area contributed by atoms with E-state index in [0.717, 1.165) is 28.2 Å². The van der Waals surface area contributed by atoms with Gasteiger partial charge in [-0.05, 0) is 36.0 Å². The first-order valence-corrected chi connectivity index (χ1v) is 16.5. The van der Waals surface area contributed by atoms with E-state index in [1.165, 1.54) is 10.8 Å². The Morgan fingerprint density at radius 2 is 1.53 bits per heavy atom. The van der Waals surface area contributed by atoms with E-state index >= 15 is 0 Å². The largest absolute Gasteiger partial charge is 0.385 e. The lowest BCUT2D eigenvalue weighted by atomic mass is 9.76. The van der Waals surface area contributed by atoms with Gasteiger partial charge in [0.25, 0.3) is 0 Å². The molecule has 2 spiro atoms. The fourth-order valence-corrected chi connectivity index (χ4v) is 10.8. The van der Waals surface area contributed by atoms with Crippen LogP contribution in [0.4, 0.5) is 0 Å². The van der Waals surface area contributed by atoms with Crippen molar-refractivity contribution >= 4 is 42.8 Å². The summed E-state index contributed by atoms with van der Waals surface area (Å²) in [6, 6.07) is 26.9. The van der Waals surface area contributed by atoms with Gasteiger partial charge in [0.1, 0.15) is 9.68 Å². The highest BCUT2D eigenvalue weighted by atomic mass is 32.2. The molecule has 1 aliphatic carbocycles. The highest BCUT2D eigenvalue weighted by Crippen LogP contribution is 2.68. The highest BCUT2D eigenvalue weighted by Gasteiger charge is 2.63. The van der Waals surface area contributed by atoms with Crippen LogP contribution < -0.4 is 5.19 Å². The number of allylic oxidation sites excluding steroid dienone is 1. The van der Waals surface area contributed by atoms with Crippen molar-refractivity contribution in [1.29, 1.82) is 0 Å². The van der Waals surface area contributed by atoms with Crippen molar-refractivity contribution < 1.29 is 14.0 Å². The Hall–Kier alpha value is -2.09. The van der Waals surface area contributed by atoms with Gasteiger partial charge in [0.15, 0.2) is 12.1 Å².